The number of carbonyl (C=O) groups is 1. The monoisotopic (exact) mass is 460 g/mol. The number of alkyl halides is 1. The van der Waals surface area contributed by atoms with Crippen LogP contribution in [0.1, 0.15) is 17.4 Å². The van der Waals surface area contributed by atoms with Crippen molar-refractivity contribution in [3.05, 3.63) is 52.3 Å². The molecule has 2 atom stereocenters. The number of ether oxygens (including phenoxy) is 3. The van der Waals surface area contributed by atoms with E-state index in [9.17, 15) is 14.0 Å². The molecule has 31 heavy (non-hydrogen) atoms. The predicted molar refractivity (Wildman–Crippen MR) is 122 cm³/mol. The first-order valence-electron chi connectivity index (χ1n) is 9.10. The van der Waals surface area contributed by atoms with Gasteiger partial charge in [0.15, 0.2) is 7.85 Å². The molecule has 0 amide bonds. The molecule has 0 fully saturated rings. The maximum absolute atomic E-state index is 13.5. The molecular weight excluding hydrogens is 441 g/mol. The average molecular weight is 460 g/mol. The first kappa shape index (κ1) is 23.1. The van der Waals surface area contributed by atoms with Crippen molar-refractivity contribution in [2.75, 3.05) is 20.0 Å². The summed E-state index contributed by atoms with van der Waals surface area (Å²) in [6.07, 6.45) is 1.81. The fraction of sp³-hybridized carbons (Fsp3) is 0.250. The Labute approximate surface area is 185 Å². The van der Waals surface area contributed by atoms with Gasteiger partial charge in [0.1, 0.15) is 11.5 Å². The molecule has 11 heteroatoms. The first-order chi connectivity index (χ1) is 14.7. The molecule has 0 N–H and O–H groups in total. The van der Waals surface area contributed by atoms with Crippen LogP contribution in [-0.2, 0) is 4.74 Å². The van der Waals surface area contributed by atoms with Gasteiger partial charge in [-0.1, -0.05) is 9.24 Å². The molecule has 2 radical (unpaired) electrons. The fourth-order valence-corrected chi connectivity index (χ4v) is 3.71. The number of nitrogens with zero attached hydrogens (tertiary/aromatic N) is 2. The lowest BCUT2D eigenvalue weighted by Crippen LogP contribution is -2.24. The number of hydrogen-bond donors (Lipinski definition) is 0. The van der Waals surface area contributed by atoms with Crippen LogP contribution in [0.2, 0.25) is 0 Å². The van der Waals surface area contributed by atoms with E-state index in [1.807, 2.05) is 6.26 Å². The van der Waals surface area contributed by atoms with Gasteiger partial charge in [0.2, 0.25) is 16.6 Å². The number of halogens is 1. The normalized spacial score (nSPS) is 12.9. The van der Waals surface area contributed by atoms with E-state index in [1.54, 1.807) is 40.4 Å². The summed E-state index contributed by atoms with van der Waals surface area (Å²) in [7, 11) is 8.46. The van der Waals surface area contributed by atoms with Crippen LogP contribution in [-0.4, -0.2) is 49.1 Å². The van der Waals surface area contributed by atoms with E-state index in [1.165, 1.54) is 35.7 Å². The van der Waals surface area contributed by atoms with Gasteiger partial charge in [-0.3, -0.25) is 4.79 Å². The lowest BCUT2D eigenvalue weighted by molar-refractivity contribution is 0.0516. The number of fused-ring (bicyclic) bond motifs is 1. The quantitative estimate of drug-likeness (QED) is 0.232. The van der Waals surface area contributed by atoms with Gasteiger partial charge in [-0.2, -0.15) is 5.10 Å². The van der Waals surface area contributed by atoms with E-state index < -0.39 is 16.9 Å². The molecule has 2 aromatic carbocycles. The van der Waals surface area contributed by atoms with Crippen LogP contribution < -0.4 is 14.9 Å². The summed E-state index contributed by atoms with van der Waals surface area (Å²) in [5.41, 5.74) is -2.37. The third-order valence-corrected chi connectivity index (χ3v) is 5.08. The molecule has 7 nitrogen and oxygen atoms in total. The number of hydrogen-bond acceptors (Lipinski definition) is 7. The number of esters is 1. The highest BCUT2D eigenvalue weighted by atomic mass is 32.2. The minimum absolute atomic E-state index is 0.0983. The van der Waals surface area contributed by atoms with E-state index in [-0.39, 0.29) is 18.1 Å². The summed E-state index contributed by atoms with van der Waals surface area (Å²) in [5.74, 6) is -0.120. The predicted octanol–water partition coefficient (Wildman–Crippen LogP) is 3.30. The molecule has 0 aliphatic carbocycles. The largest absolute Gasteiger partial charge is 0.497 e. The van der Waals surface area contributed by atoms with Gasteiger partial charge >= 0.3 is 5.97 Å². The maximum atomic E-state index is 13.5. The molecule has 0 saturated heterocycles. The van der Waals surface area contributed by atoms with Gasteiger partial charge in [0.25, 0.3) is 0 Å². The molecule has 0 bridgehead atoms. The van der Waals surface area contributed by atoms with Crippen LogP contribution in [0.15, 0.2) is 46.1 Å². The highest BCUT2D eigenvalue weighted by molar-refractivity contribution is 7.98. The Bertz CT molecular complexity index is 1180. The van der Waals surface area contributed by atoms with Crippen molar-refractivity contribution < 1.29 is 23.4 Å². The number of rotatable bonds is 7. The molecule has 160 valence electrons. The third-order valence-electron chi connectivity index (χ3n) is 4.21. The summed E-state index contributed by atoms with van der Waals surface area (Å²) in [6.45, 7) is 1.74. The number of thioether (sulfide) groups is 1. The second-order valence-electron chi connectivity index (χ2n) is 6.33. The van der Waals surface area contributed by atoms with E-state index in [4.69, 9.17) is 22.1 Å². The Kier molecular flexibility index (Phi) is 6.91. The van der Waals surface area contributed by atoms with Crippen molar-refractivity contribution in [3.63, 3.8) is 0 Å². The molecule has 1 aromatic heterocycles. The SMILES string of the molecule is [B]C(F)(P)Oc1ccc(-n2nc(C(=O)OCC)c(=O)c3c(SC)cc(OC)cc32)cc1. The van der Waals surface area contributed by atoms with Crippen LogP contribution >= 0.6 is 21.0 Å². The minimum Gasteiger partial charge on any atom is -0.497 e. The number of benzene rings is 2. The molecule has 0 saturated carbocycles. The van der Waals surface area contributed by atoms with E-state index >= 15 is 0 Å². The molecule has 0 aliphatic rings. The van der Waals surface area contributed by atoms with Crippen molar-refractivity contribution >= 4 is 45.7 Å². The Morgan fingerprint density at radius 3 is 2.52 bits per heavy atom. The van der Waals surface area contributed by atoms with Gasteiger partial charge in [-0.15, -0.1) is 11.8 Å². The van der Waals surface area contributed by atoms with Crippen molar-refractivity contribution in [1.82, 2.24) is 9.78 Å². The van der Waals surface area contributed by atoms with E-state index in [2.05, 4.69) is 5.10 Å². The lowest BCUT2D eigenvalue weighted by atomic mass is 10.1. The summed E-state index contributed by atoms with van der Waals surface area (Å²) in [6, 6.07) is 9.53. The third kappa shape index (κ3) is 5.02. The average Bonchev–Trinajstić information content (AvgIpc) is 2.72. The van der Waals surface area contributed by atoms with Gasteiger partial charge in [0.05, 0.1) is 30.3 Å². The zero-order valence-electron chi connectivity index (χ0n) is 17.0. The summed E-state index contributed by atoms with van der Waals surface area (Å²) >= 11 is 1.34. The Morgan fingerprint density at radius 2 is 1.97 bits per heavy atom. The molecule has 3 rings (SSSR count). The summed E-state index contributed by atoms with van der Waals surface area (Å²) in [4.78, 5) is 26.1. The van der Waals surface area contributed by atoms with Crippen molar-refractivity contribution in [1.29, 1.82) is 0 Å². The smallest absolute Gasteiger partial charge is 0.362 e. The minimum atomic E-state index is -2.42. The lowest BCUT2D eigenvalue weighted by Gasteiger charge is -2.18. The van der Waals surface area contributed by atoms with E-state index in [0.717, 1.165) is 0 Å². The number of carbonyl (C=O) groups excluding carboxylic acids is 1. The maximum Gasteiger partial charge on any atom is 0.362 e. The standard InChI is InChI=1S/C20H19BFN2O5PS/c1-4-28-19(26)17-18(25)16-14(9-13(27-2)10-15(16)31-3)24(23-17)11-5-7-12(8-6-11)29-20(21,22)30/h5-10H,4,30H2,1-3H3. The molecule has 0 aliphatic heterocycles. The second kappa shape index (κ2) is 9.28. The number of aromatic nitrogens is 2. The molecule has 3 aromatic rings. The van der Waals surface area contributed by atoms with Crippen LogP contribution in [0, 0.1) is 0 Å². The number of methoxy groups -OCH3 is 1. The zero-order valence-corrected chi connectivity index (χ0v) is 19.0. The topological polar surface area (TPSA) is 79.7 Å². The Morgan fingerprint density at radius 1 is 1.29 bits per heavy atom. The molecule has 0 spiro atoms. The second-order valence-corrected chi connectivity index (χ2v) is 7.96. The first-order valence-corrected chi connectivity index (χ1v) is 10.9. The van der Waals surface area contributed by atoms with Crippen molar-refractivity contribution in [2.45, 2.75) is 17.3 Å². The highest BCUT2D eigenvalue weighted by Crippen LogP contribution is 2.31. The van der Waals surface area contributed by atoms with Gasteiger partial charge in [0, 0.05) is 11.0 Å². The highest BCUT2D eigenvalue weighted by Gasteiger charge is 2.22. The summed E-state index contributed by atoms with van der Waals surface area (Å²) in [5, 5.41) is 4.57. The molecule has 2 unspecified atom stereocenters. The van der Waals surface area contributed by atoms with Gasteiger partial charge < -0.3 is 14.2 Å². The van der Waals surface area contributed by atoms with Crippen LogP contribution in [0.25, 0.3) is 16.6 Å². The van der Waals surface area contributed by atoms with Gasteiger partial charge in [-0.05, 0) is 43.5 Å². The van der Waals surface area contributed by atoms with E-state index in [0.29, 0.717) is 27.2 Å². The molecule has 1 heterocycles. The van der Waals surface area contributed by atoms with Crippen LogP contribution in [0.3, 0.4) is 0 Å². The Balaban J connectivity index is 2.29. The summed E-state index contributed by atoms with van der Waals surface area (Å²) < 4.78 is 30.3. The zero-order chi connectivity index (χ0) is 22.8. The fourth-order valence-electron chi connectivity index (χ4n) is 2.93. The van der Waals surface area contributed by atoms with Crippen molar-refractivity contribution in [3.8, 4) is 17.2 Å². The Hall–Kier alpha value is -2.58. The molecular formula is C20H19BFN2O5PS. The van der Waals surface area contributed by atoms with Crippen LogP contribution in [0.5, 0.6) is 11.5 Å². The van der Waals surface area contributed by atoms with Crippen LogP contribution in [0.4, 0.5) is 4.39 Å². The van der Waals surface area contributed by atoms with Gasteiger partial charge in [-0.25, -0.2) is 13.9 Å². The van der Waals surface area contributed by atoms with Crippen molar-refractivity contribution in [2.24, 2.45) is 0 Å².